The van der Waals surface area contributed by atoms with Gasteiger partial charge in [0.2, 0.25) is 5.91 Å². The van der Waals surface area contributed by atoms with E-state index in [-0.39, 0.29) is 44.7 Å². The molecule has 2 aromatic rings. The molecule has 0 aromatic heterocycles. The number of anilines is 1. The molecule has 1 unspecified atom stereocenters. The number of nitrogens with zero attached hydrogens (tertiary/aromatic N) is 1. The van der Waals surface area contributed by atoms with Crippen molar-refractivity contribution >= 4 is 11.6 Å². The number of hydrogen-bond donors (Lipinski definition) is 1. The topological polar surface area (TPSA) is 49.8 Å². The Balaban J connectivity index is 0.00000280. The summed E-state index contributed by atoms with van der Waals surface area (Å²) < 4.78 is 5.85. The first-order valence-corrected chi connectivity index (χ1v) is 9.88. The first kappa shape index (κ1) is 23.1. The summed E-state index contributed by atoms with van der Waals surface area (Å²) in [4.78, 5) is 14.2. The third kappa shape index (κ3) is 6.13. The van der Waals surface area contributed by atoms with Gasteiger partial charge in [-0.05, 0) is 30.5 Å². The van der Waals surface area contributed by atoms with Gasteiger partial charge in [-0.1, -0.05) is 38.3 Å². The average Bonchev–Trinajstić information content (AvgIpc) is 3.08. The number of unbranched alkanes of at least 4 members (excludes halogenated alkanes) is 2. The van der Waals surface area contributed by atoms with E-state index in [4.69, 9.17) is 4.74 Å². The first-order valence-electron chi connectivity index (χ1n) is 9.88. The smallest absolute Gasteiger partial charge is 0.227 e. The van der Waals surface area contributed by atoms with Crippen molar-refractivity contribution in [1.29, 1.82) is 0 Å². The number of carbonyl (C=O) groups is 1. The van der Waals surface area contributed by atoms with E-state index >= 15 is 0 Å². The van der Waals surface area contributed by atoms with Crippen LogP contribution in [0.2, 0.25) is 0 Å². The molecular weight excluding hydrogens is 427 g/mol. The van der Waals surface area contributed by atoms with Crippen molar-refractivity contribution in [3.63, 3.8) is 0 Å². The fraction of sp³-hybridized carbons (Fsp3) is 0.435. The number of rotatable bonds is 9. The van der Waals surface area contributed by atoms with Gasteiger partial charge in [-0.15, -0.1) is 12.1 Å². The fourth-order valence-electron chi connectivity index (χ4n) is 3.53. The molecule has 4 nitrogen and oxygen atoms in total. The molecule has 2 atom stereocenters. The van der Waals surface area contributed by atoms with E-state index in [2.05, 4.69) is 13.0 Å². The maximum absolute atomic E-state index is 12.4. The molecule has 1 aliphatic rings. The maximum Gasteiger partial charge on any atom is 0.227 e. The summed E-state index contributed by atoms with van der Waals surface area (Å²) in [5, 5.41) is 10.3. The van der Waals surface area contributed by atoms with Gasteiger partial charge < -0.3 is 14.7 Å². The zero-order valence-corrected chi connectivity index (χ0v) is 19.3. The van der Waals surface area contributed by atoms with Gasteiger partial charge in [0.25, 0.3) is 0 Å². The van der Waals surface area contributed by atoms with Crippen molar-refractivity contribution in [2.45, 2.75) is 57.6 Å². The van der Waals surface area contributed by atoms with E-state index in [1.807, 2.05) is 53.4 Å². The van der Waals surface area contributed by atoms with E-state index < -0.39 is 6.10 Å². The van der Waals surface area contributed by atoms with Crippen molar-refractivity contribution in [3.05, 3.63) is 60.2 Å². The summed E-state index contributed by atoms with van der Waals surface area (Å²) in [6.07, 6.45) is 4.99. The van der Waals surface area contributed by atoms with Crippen LogP contribution in [-0.4, -0.2) is 23.7 Å². The number of aliphatic hydroxyl groups is 1. The molecule has 28 heavy (non-hydrogen) atoms. The predicted molar refractivity (Wildman–Crippen MR) is 107 cm³/mol. The number of aliphatic hydroxyl groups excluding tert-OH is 1. The van der Waals surface area contributed by atoms with E-state index in [9.17, 15) is 9.90 Å². The normalized spacial score (nSPS) is 17.3. The number of amides is 1. The second-order valence-corrected chi connectivity index (χ2v) is 7.11. The Morgan fingerprint density at radius 3 is 2.57 bits per heavy atom. The molecule has 147 valence electrons. The van der Waals surface area contributed by atoms with Crippen LogP contribution in [0.25, 0.3) is 0 Å². The van der Waals surface area contributed by atoms with Crippen LogP contribution in [0.4, 0.5) is 5.69 Å². The molecule has 3 rings (SSSR count). The second kappa shape index (κ2) is 11.7. The zero-order chi connectivity index (χ0) is 19.1. The van der Waals surface area contributed by atoms with Crippen LogP contribution in [0.15, 0.2) is 48.5 Å². The Labute approximate surface area is 193 Å². The Kier molecular flexibility index (Phi) is 9.63. The van der Waals surface area contributed by atoms with Crippen LogP contribution in [0.1, 0.15) is 57.1 Å². The minimum absolute atomic E-state index is 0. The molecule has 1 aliphatic heterocycles. The molecule has 0 aliphatic carbocycles. The van der Waals surface area contributed by atoms with Crippen molar-refractivity contribution < 1.29 is 47.3 Å². The summed E-state index contributed by atoms with van der Waals surface area (Å²) in [6, 6.07) is 18.1. The van der Waals surface area contributed by atoms with E-state index in [1.165, 1.54) is 0 Å². The molecule has 1 radical (unpaired) electrons. The number of ether oxygens (including phenoxy) is 1. The molecular formula is C23H28NO3Y-. The second-order valence-electron chi connectivity index (χ2n) is 7.11. The summed E-state index contributed by atoms with van der Waals surface area (Å²) in [6.45, 7) is 2.63. The van der Waals surface area contributed by atoms with Crippen molar-refractivity contribution in [2.24, 2.45) is 0 Å². The van der Waals surface area contributed by atoms with Gasteiger partial charge in [-0.3, -0.25) is 4.79 Å². The van der Waals surface area contributed by atoms with Gasteiger partial charge in [0.05, 0.1) is 12.1 Å². The molecule has 0 bridgehead atoms. The quantitative estimate of drug-likeness (QED) is 0.442. The molecule has 0 spiro atoms. The van der Waals surface area contributed by atoms with Crippen molar-refractivity contribution in [2.75, 3.05) is 11.5 Å². The SMILES string of the molecule is CCCCCC(O)c1ccc(N2C(=O)CC[C@@H]2COc2cc[c-]cc2)cc1.[Y]. The first-order chi connectivity index (χ1) is 13.2. The number of benzene rings is 2. The van der Waals surface area contributed by atoms with Gasteiger partial charge in [0, 0.05) is 50.6 Å². The molecule has 1 heterocycles. The number of hydrogen-bond acceptors (Lipinski definition) is 3. The van der Waals surface area contributed by atoms with Crippen molar-refractivity contribution in [3.8, 4) is 5.75 Å². The molecule has 1 N–H and O–H groups in total. The zero-order valence-electron chi connectivity index (χ0n) is 16.5. The van der Waals surface area contributed by atoms with Gasteiger partial charge in [-0.25, -0.2) is 0 Å². The fourth-order valence-corrected chi connectivity index (χ4v) is 3.53. The number of carbonyl (C=O) groups excluding carboxylic acids is 1. The minimum atomic E-state index is -0.436. The van der Waals surface area contributed by atoms with Gasteiger partial charge in [0.15, 0.2) is 0 Å². The van der Waals surface area contributed by atoms with Gasteiger partial charge in [-0.2, -0.15) is 18.2 Å². The van der Waals surface area contributed by atoms with Gasteiger partial charge >= 0.3 is 0 Å². The molecule has 0 saturated carbocycles. The van der Waals surface area contributed by atoms with E-state index in [1.54, 1.807) is 0 Å². The molecule has 1 fully saturated rings. The van der Waals surface area contributed by atoms with E-state index in [0.29, 0.717) is 13.0 Å². The van der Waals surface area contributed by atoms with Crippen LogP contribution in [0, 0.1) is 6.07 Å². The molecule has 5 heteroatoms. The van der Waals surface area contributed by atoms with Crippen LogP contribution in [-0.2, 0) is 37.5 Å². The van der Waals surface area contributed by atoms with Crippen molar-refractivity contribution in [1.82, 2.24) is 0 Å². The standard InChI is InChI=1S/C23H28NO3.Y/c1-2-3-5-10-22(25)18-11-13-19(14-12-18)24-20(15-16-23(24)26)17-27-21-8-6-4-7-9-21;/h6-9,11-14,20,22,25H,2-3,5,10,15-17H2,1H3;/q-1;/t20-,22?;/m1./s1. The predicted octanol–water partition coefficient (Wildman–Crippen LogP) is 4.67. The van der Waals surface area contributed by atoms with Crippen LogP contribution in [0.3, 0.4) is 0 Å². The Morgan fingerprint density at radius 2 is 1.89 bits per heavy atom. The van der Waals surface area contributed by atoms with Crippen LogP contribution in [0.5, 0.6) is 5.75 Å². The van der Waals surface area contributed by atoms with Crippen LogP contribution < -0.4 is 9.64 Å². The molecule has 1 amide bonds. The third-order valence-electron chi connectivity index (χ3n) is 5.09. The maximum atomic E-state index is 12.4. The third-order valence-corrected chi connectivity index (χ3v) is 5.09. The Morgan fingerprint density at radius 1 is 1.18 bits per heavy atom. The largest absolute Gasteiger partial charge is 0.517 e. The summed E-state index contributed by atoms with van der Waals surface area (Å²) in [5.74, 6) is 0.917. The molecule has 2 aromatic carbocycles. The summed E-state index contributed by atoms with van der Waals surface area (Å²) in [7, 11) is 0. The molecule has 1 saturated heterocycles. The summed E-state index contributed by atoms with van der Waals surface area (Å²) >= 11 is 0. The average molecular weight is 455 g/mol. The monoisotopic (exact) mass is 455 g/mol. The summed E-state index contributed by atoms with van der Waals surface area (Å²) in [5.41, 5.74) is 1.78. The Bertz CT molecular complexity index is 720. The minimum Gasteiger partial charge on any atom is -0.517 e. The Hall–Kier alpha value is -1.23. The van der Waals surface area contributed by atoms with Crippen LogP contribution >= 0.6 is 0 Å². The van der Waals surface area contributed by atoms with E-state index in [0.717, 1.165) is 49.1 Å². The van der Waals surface area contributed by atoms with Gasteiger partial charge in [0.1, 0.15) is 6.61 Å².